The second-order valence-electron chi connectivity index (χ2n) is 5.94. The van der Waals surface area contributed by atoms with Crippen LogP contribution in [-0.2, 0) is 4.79 Å². The molecule has 0 N–H and O–H groups in total. The monoisotopic (exact) mass is 194 g/mol. The molecule has 1 heteroatoms. The summed E-state index contributed by atoms with van der Waals surface area (Å²) in [6.07, 6.45) is 4.21. The van der Waals surface area contributed by atoms with Crippen LogP contribution in [0, 0.1) is 16.7 Å². The highest BCUT2D eigenvalue weighted by molar-refractivity contribution is 5.64. The van der Waals surface area contributed by atoms with E-state index in [0.717, 1.165) is 31.1 Å². The molecule has 0 bridgehead atoms. The zero-order valence-corrected chi connectivity index (χ0v) is 9.89. The molecule has 1 saturated carbocycles. The molecule has 0 heterocycles. The number of allylic oxidation sites excluding steroid dienone is 1. The summed E-state index contributed by atoms with van der Waals surface area (Å²) in [6, 6.07) is 0. The topological polar surface area (TPSA) is 17.1 Å². The van der Waals surface area contributed by atoms with Crippen LogP contribution in [0.1, 0.15) is 47.0 Å². The highest BCUT2D eigenvalue weighted by atomic mass is 16.1. The Bertz CT molecular complexity index is 246. The molecule has 0 saturated heterocycles. The van der Waals surface area contributed by atoms with Crippen LogP contribution in [-0.4, -0.2) is 6.29 Å². The van der Waals surface area contributed by atoms with Gasteiger partial charge in [0.25, 0.3) is 0 Å². The molecule has 0 aromatic rings. The first-order chi connectivity index (χ1) is 6.29. The van der Waals surface area contributed by atoms with E-state index in [0.29, 0.717) is 11.3 Å². The number of carbonyl (C=O) groups is 1. The Morgan fingerprint density at radius 1 is 1.50 bits per heavy atom. The molecular formula is C13H22O. The molecule has 2 atom stereocenters. The summed E-state index contributed by atoms with van der Waals surface area (Å²) < 4.78 is 0. The molecule has 1 rings (SSSR count). The predicted octanol–water partition coefficient (Wildman–Crippen LogP) is 3.59. The standard InChI is InChI=1S/C13H22O/c1-10-8-11(12(2,3)4)6-7-13(10,5)9-14/h9,11H,1,6-8H2,2-5H3/t11-,13-/m1/s1. The number of hydrogen-bond donors (Lipinski definition) is 0. The quantitative estimate of drug-likeness (QED) is 0.460. The van der Waals surface area contributed by atoms with Crippen LogP contribution in [0.25, 0.3) is 0 Å². The van der Waals surface area contributed by atoms with Gasteiger partial charge in [0.05, 0.1) is 0 Å². The summed E-state index contributed by atoms with van der Waals surface area (Å²) in [5.41, 5.74) is 1.22. The minimum absolute atomic E-state index is 0.248. The molecule has 1 nitrogen and oxygen atoms in total. The van der Waals surface area contributed by atoms with E-state index >= 15 is 0 Å². The van der Waals surface area contributed by atoms with Gasteiger partial charge in [-0.3, -0.25) is 0 Å². The van der Waals surface area contributed by atoms with Crippen LogP contribution in [0.2, 0.25) is 0 Å². The number of rotatable bonds is 1. The van der Waals surface area contributed by atoms with Crippen molar-refractivity contribution < 1.29 is 4.79 Å². The Kier molecular flexibility index (Phi) is 2.89. The fraction of sp³-hybridized carbons (Fsp3) is 0.769. The van der Waals surface area contributed by atoms with Gasteiger partial charge in [-0.2, -0.15) is 0 Å². The Morgan fingerprint density at radius 3 is 2.43 bits per heavy atom. The van der Waals surface area contributed by atoms with E-state index in [-0.39, 0.29) is 5.41 Å². The van der Waals surface area contributed by atoms with Crippen LogP contribution in [0.3, 0.4) is 0 Å². The van der Waals surface area contributed by atoms with E-state index in [1.165, 1.54) is 0 Å². The summed E-state index contributed by atoms with van der Waals surface area (Å²) >= 11 is 0. The average Bonchev–Trinajstić information content (AvgIpc) is 2.08. The lowest BCUT2D eigenvalue weighted by atomic mass is 9.63. The third-order valence-electron chi connectivity index (χ3n) is 3.80. The van der Waals surface area contributed by atoms with Gasteiger partial charge in [0, 0.05) is 5.41 Å². The van der Waals surface area contributed by atoms with Crippen LogP contribution < -0.4 is 0 Å². The summed E-state index contributed by atoms with van der Waals surface area (Å²) in [7, 11) is 0. The maximum Gasteiger partial charge on any atom is 0.129 e. The SMILES string of the molecule is C=C1C[C@H](C(C)(C)C)CC[C@]1(C)C=O. The first-order valence-electron chi connectivity index (χ1n) is 5.44. The van der Waals surface area contributed by atoms with Crippen molar-refractivity contribution >= 4 is 6.29 Å². The third-order valence-corrected chi connectivity index (χ3v) is 3.80. The van der Waals surface area contributed by atoms with Gasteiger partial charge in [-0.05, 0) is 37.5 Å². The fourth-order valence-corrected chi connectivity index (χ4v) is 2.16. The molecular weight excluding hydrogens is 172 g/mol. The van der Waals surface area contributed by atoms with Gasteiger partial charge in [0.2, 0.25) is 0 Å². The molecule has 80 valence electrons. The van der Waals surface area contributed by atoms with E-state index < -0.39 is 0 Å². The number of hydrogen-bond acceptors (Lipinski definition) is 1. The smallest absolute Gasteiger partial charge is 0.129 e. The van der Waals surface area contributed by atoms with Crippen molar-refractivity contribution in [2.45, 2.75) is 47.0 Å². The Labute approximate surface area is 87.6 Å². The Morgan fingerprint density at radius 2 is 2.07 bits per heavy atom. The van der Waals surface area contributed by atoms with E-state index in [2.05, 4.69) is 27.4 Å². The highest BCUT2D eigenvalue weighted by Gasteiger charge is 2.37. The van der Waals surface area contributed by atoms with E-state index in [1.807, 2.05) is 6.92 Å². The maximum absolute atomic E-state index is 11.0. The minimum atomic E-state index is -0.248. The van der Waals surface area contributed by atoms with Crippen molar-refractivity contribution in [3.05, 3.63) is 12.2 Å². The van der Waals surface area contributed by atoms with Crippen LogP contribution in [0.4, 0.5) is 0 Å². The van der Waals surface area contributed by atoms with E-state index in [1.54, 1.807) is 0 Å². The molecule has 0 aromatic heterocycles. The van der Waals surface area contributed by atoms with Crippen molar-refractivity contribution in [3.63, 3.8) is 0 Å². The molecule has 0 spiro atoms. The lowest BCUT2D eigenvalue weighted by molar-refractivity contribution is -0.115. The zero-order valence-electron chi connectivity index (χ0n) is 9.89. The number of aldehydes is 1. The van der Waals surface area contributed by atoms with Gasteiger partial charge >= 0.3 is 0 Å². The zero-order chi connectivity index (χ0) is 11.0. The van der Waals surface area contributed by atoms with Crippen molar-refractivity contribution in [1.29, 1.82) is 0 Å². The largest absolute Gasteiger partial charge is 0.302 e. The molecule has 1 aliphatic carbocycles. The van der Waals surface area contributed by atoms with Gasteiger partial charge in [0.15, 0.2) is 0 Å². The van der Waals surface area contributed by atoms with Crippen molar-refractivity contribution in [2.75, 3.05) is 0 Å². The molecule has 0 radical (unpaired) electrons. The second-order valence-corrected chi connectivity index (χ2v) is 5.94. The molecule has 0 aliphatic heterocycles. The van der Waals surface area contributed by atoms with E-state index in [9.17, 15) is 4.79 Å². The lowest BCUT2D eigenvalue weighted by Crippen LogP contribution is -2.33. The molecule has 1 fully saturated rings. The number of carbonyl (C=O) groups excluding carboxylic acids is 1. The average molecular weight is 194 g/mol. The van der Waals surface area contributed by atoms with Crippen molar-refractivity contribution in [1.82, 2.24) is 0 Å². The molecule has 1 aliphatic rings. The van der Waals surface area contributed by atoms with Crippen LogP contribution in [0.15, 0.2) is 12.2 Å². The Hall–Kier alpha value is -0.590. The van der Waals surface area contributed by atoms with Crippen LogP contribution in [0.5, 0.6) is 0 Å². The summed E-state index contributed by atoms with van der Waals surface area (Å²) in [4.78, 5) is 11.0. The molecule has 0 amide bonds. The van der Waals surface area contributed by atoms with Gasteiger partial charge in [0.1, 0.15) is 6.29 Å². The van der Waals surface area contributed by atoms with Gasteiger partial charge in [-0.15, -0.1) is 0 Å². The third kappa shape index (κ3) is 2.08. The minimum Gasteiger partial charge on any atom is -0.302 e. The fourth-order valence-electron chi connectivity index (χ4n) is 2.16. The highest BCUT2D eigenvalue weighted by Crippen LogP contribution is 2.46. The van der Waals surface area contributed by atoms with Gasteiger partial charge in [-0.1, -0.05) is 32.9 Å². The molecule has 0 unspecified atom stereocenters. The summed E-state index contributed by atoms with van der Waals surface area (Å²) in [6.45, 7) is 12.9. The second kappa shape index (κ2) is 3.52. The first kappa shape index (κ1) is 11.5. The van der Waals surface area contributed by atoms with E-state index in [4.69, 9.17) is 0 Å². The van der Waals surface area contributed by atoms with Crippen molar-refractivity contribution in [2.24, 2.45) is 16.7 Å². The van der Waals surface area contributed by atoms with Crippen LogP contribution >= 0.6 is 0 Å². The Balaban J connectivity index is 2.74. The summed E-state index contributed by atoms with van der Waals surface area (Å²) in [5.74, 6) is 0.683. The van der Waals surface area contributed by atoms with Gasteiger partial charge in [-0.25, -0.2) is 0 Å². The lowest BCUT2D eigenvalue weighted by Gasteiger charge is -2.41. The normalized spacial score (nSPS) is 34.3. The first-order valence-corrected chi connectivity index (χ1v) is 5.44. The molecule has 14 heavy (non-hydrogen) atoms. The van der Waals surface area contributed by atoms with Gasteiger partial charge < -0.3 is 4.79 Å². The molecule has 0 aromatic carbocycles. The summed E-state index contributed by atoms with van der Waals surface area (Å²) in [5, 5.41) is 0. The van der Waals surface area contributed by atoms with Crippen molar-refractivity contribution in [3.8, 4) is 0 Å². The maximum atomic E-state index is 11.0. The predicted molar refractivity (Wildman–Crippen MR) is 60.1 cm³/mol.